The maximum Gasteiger partial charge on any atom is 0.262 e. The van der Waals surface area contributed by atoms with Crippen molar-refractivity contribution in [2.45, 2.75) is 17.7 Å². The van der Waals surface area contributed by atoms with Gasteiger partial charge < -0.3 is 9.84 Å². The minimum Gasteiger partial charge on any atom is -0.385 e. The van der Waals surface area contributed by atoms with E-state index in [1.54, 1.807) is 18.2 Å². The first-order valence-corrected chi connectivity index (χ1v) is 7.42. The summed E-state index contributed by atoms with van der Waals surface area (Å²) < 4.78 is 31.4. The molecule has 7 heteroatoms. The molecule has 0 saturated heterocycles. The molecule has 1 aromatic heterocycles. The summed E-state index contributed by atoms with van der Waals surface area (Å²) in [4.78, 5) is 0.246. The van der Waals surface area contributed by atoms with Gasteiger partial charge in [0.2, 0.25) is 0 Å². The Morgan fingerprint density at radius 2 is 2.26 bits per heavy atom. The maximum absolute atomic E-state index is 12.2. The minimum absolute atomic E-state index is 0.246. The molecular formula is C12H13N3O3S. The van der Waals surface area contributed by atoms with Gasteiger partial charge in [-0.2, -0.15) is 0 Å². The maximum atomic E-state index is 12.2. The van der Waals surface area contributed by atoms with Crippen LogP contribution in [0.25, 0.3) is 0 Å². The highest BCUT2D eigenvalue weighted by Gasteiger charge is 2.18. The fraction of sp³-hybridized carbons (Fsp3) is 0.250. The number of fused-ring (bicyclic) bond motifs is 1. The van der Waals surface area contributed by atoms with Crippen molar-refractivity contribution < 1.29 is 12.9 Å². The summed E-state index contributed by atoms with van der Waals surface area (Å²) in [5, 5.41) is 6.70. The first-order chi connectivity index (χ1) is 9.15. The van der Waals surface area contributed by atoms with Gasteiger partial charge >= 0.3 is 0 Å². The van der Waals surface area contributed by atoms with E-state index in [0.717, 1.165) is 30.6 Å². The third-order valence-corrected chi connectivity index (χ3v) is 4.39. The molecule has 100 valence electrons. The lowest BCUT2D eigenvalue weighted by atomic mass is 10.0. The number of hydrogen-bond donors (Lipinski definition) is 2. The Morgan fingerprint density at radius 3 is 3.05 bits per heavy atom. The van der Waals surface area contributed by atoms with Crippen LogP contribution in [0.1, 0.15) is 12.0 Å². The molecule has 1 aromatic carbocycles. The molecule has 0 fully saturated rings. The highest BCUT2D eigenvalue weighted by atomic mass is 32.2. The zero-order valence-electron chi connectivity index (χ0n) is 10.1. The molecule has 0 amide bonds. The number of nitrogens with zero attached hydrogens (tertiary/aromatic N) is 1. The van der Waals surface area contributed by atoms with E-state index >= 15 is 0 Å². The number of sulfonamides is 1. The van der Waals surface area contributed by atoms with Crippen molar-refractivity contribution in [1.29, 1.82) is 0 Å². The second-order valence-electron chi connectivity index (χ2n) is 4.37. The van der Waals surface area contributed by atoms with Gasteiger partial charge in [-0.25, -0.2) is 8.42 Å². The third-order valence-electron chi connectivity index (χ3n) is 3.01. The van der Waals surface area contributed by atoms with Gasteiger partial charge in [0.25, 0.3) is 10.0 Å². The van der Waals surface area contributed by atoms with Crippen molar-refractivity contribution in [3.05, 3.63) is 36.2 Å². The van der Waals surface area contributed by atoms with Gasteiger partial charge in [0.05, 0.1) is 11.1 Å². The van der Waals surface area contributed by atoms with Crippen LogP contribution in [0.15, 0.2) is 40.1 Å². The summed E-state index contributed by atoms with van der Waals surface area (Å²) in [6.07, 6.45) is 4.46. The summed E-state index contributed by atoms with van der Waals surface area (Å²) in [5.74, 6) is 0. The summed E-state index contributed by atoms with van der Waals surface area (Å²) in [6.45, 7) is 0.929. The lowest BCUT2D eigenvalue weighted by Crippen LogP contribution is -2.15. The van der Waals surface area contributed by atoms with E-state index in [1.165, 1.54) is 12.5 Å². The topological polar surface area (TPSA) is 84.2 Å². The molecular weight excluding hydrogens is 266 g/mol. The molecule has 1 aliphatic heterocycles. The molecule has 0 atom stereocenters. The van der Waals surface area contributed by atoms with Crippen LogP contribution in [0.3, 0.4) is 0 Å². The second-order valence-corrected chi connectivity index (χ2v) is 6.05. The molecule has 0 saturated carbocycles. The standard InChI is InChI=1S/C12H13N3O3S/c16-19(17,15-10-7-14-18-8-10)11-3-4-12-9(6-11)2-1-5-13-12/h3-4,6-8,13,15H,1-2,5H2. The number of nitrogens with one attached hydrogen (secondary N) is 2. The smallest absolute Gasteiger partial charge is 0.262 e. The summed E-state index contributed by atoms with van der Waals surface area (Å²) in [5.41, 5.74) is 2.35. The van der Waals surface area contributed by atoms with E-state index in [0.29, 0.717) is 5.69 Å². The van der Waals surface area contributed by atoms with Crippen molar-refractivity contribution in [3.63, 3.8) is 0 Å². The summed E-state index contributed by atoms with van der Waals surface area (Å²) in [7, 11) is -3.59. The predicted molar refractivity (Wildman–Crippen MR) is 70.6 cm³/mol. The van der Waals surface area contributed by atoms with Crippen molar-refractivity contribution in [2.75, 3.05) is 16.6 Å². The largest absolute Gasteiger partial charge is 0.385 e. The molecule has 0 unspecified atom stereocenters. The van der Waals surface area contributed by atoms with Crippen molar-refractivity contribution in [2.24, 2.45) is 0 Å². The Morgan fingerprint density at radius 1 is 1.37 bits per heavy atom. The van der Waals surface area contributed by atoms with Gasteiger partial charge in [-0.3, -0.25) is 4.72 Å². The van der Waals surface area contributed by atoms with Crippen LogP contribution < -0.4 is 10.0 Å². The number of rotatable bonds is 3. The number of aryl methyl sites for hydroxylation is 1. The Balaban J connectivity index is 1.93. The van der Waals surface area contributed by atoms with Crippen LogP contribution in [0.5, 0.6) is 0 Å². The highest BCUT2D eigenvalue weighted by molar-refractivity contribution is 7.92. The van der Waals surface area contributed by atoms with Crippen LogP contribution in [-0.2, 0) is 16.4 Å². The van der Waals surface area contributed by atoms with E-state index in [1.807, 2.05) is 0 Å². The van der Waals surface area contributed by atoms with Gasteiger partial charge in [0.15, 0.2) is 0 Å². The third kappa shape index (κ3) is 2.41. The van der Waals surface area contributed by atoms with Gasteiger partial charge in [0.1, 0.15) is 12.0 Å². The molecule has 0 spiro atoms. The van der Waals surface area contributed by atoms with Gasteiger partial charge in [-0.05, 0) is 36.6 Å². The number of benzene rings is 1. The quantitative estimate of drug-likeness (QED) is 0.895. The fourth-order valence-corrected chi connectivity index (χ4v) is 3.16. The molecule has 2 aromatic rings. The van der Waals surface area contributed by atoms with E-state index in [9.17, 15) is 8.42 Å². The van der Waals surface area contributed by atoms with Crippen LogP contribution >= 0.6 is 0 Å². The monoisotopic (exact) mass is 279 g/mol. The van der Waals surface area contributed by atoms with Crippen molar-refractivity contribution >= 4 is 21.4 Å². The molecule has 6 nitrogen and oxygen atoms in total. The van der Waals surface area contributed by atoms with Gasteiger partial charge in [-0.15, -0.1) is 0 Å². The molecule has 2 N–H and O–H groups in total. The van der Waals surface area contributed by atoms with Gasteiger partial charge in [-0.1, -0.05) is 5.16 Å². The number of hydrogen-bond acceptors (Lipinski definition) is 5. The molecule has 19 heavy (non-hydrogen) atoms. The van der Waals surface area contributed by atoms with Crippen LogP contribution in [0.2, 0.25) is 0 Å². The average Bonchev–Trinajstić information content (AvgIpc) is 2.90. The highest BCUT2D eigenvalue weighted by Crippen LogP contribution is 2.25. The molecule has 2 heterocycles. The average molecular weight is 279 g/mol. The van der Waals surface area contributed by atoms with E-state index in [2.05, 4.69) is 19.7 Å². The van der Waals surface area contributed by atoms with E-state index in [4.69, 9.17) is 0 Å². The minimum atomic E-state index is -3.59. The van der Waals surface area contributed by atoms with Crippen molar-refractivity contribution in [1.82, 2.24) is 5.16 Å². The molecule has 0 radical (unpaired) electrons. The Kier molecular flexibility index (Phi) is 2.90. The van der Waals surface area contributed by atoms with E-state index < -0.39 is 10.0 Å². The second kappa shape index (κ2) is 4.58. The zero-order valence-corrected chi connectivity index (χ0v) is 10.9. The summed E-state index contributed by atoms with van der Waals surface area (Å²) >= 11 is 0. The predicted octanol–water partition coefficient (Wildman–Crippen LogP) is 1.83. The zero-order chi connectivity index (χ0) is 13.3. The SMILES string of the molecule is O=S(=O)(Nc1cnoc1)c1ccc2c(c1)CCCN2. The lowest BCUT2D eigenvalue weighted by molar-refractivity contribution is 0.420. The molecule has 0 bridgehead atoms. The van der Waals surface area contributed by atoms with E-state index in [-0.39, 0.29) is 4.90 Å². The molecule has 0 aliphatic carbocycles. The summed E-state index contributed by atoms with van der Waals surface area (Å²) in [6, 6.07) is 5.10. The number of anilines is 2. The Hall–Kier alpha value is -2.02. The Labute approximate surface area is 110 Å². The lowest BCUT2D eigenvalue weighted by Gasteiger charge is -2.18. The molecule has 1 aliphatic rings. The van der Waals surface area contributed by atoms with Crippen LogP contribution in [0.4, 0.5) is 11.4 Å². The van der Waals surface area contributed by atoms with Gasteiger partial charge in [0, 0.05) is 12.2 Å². The first kappa shape index (κ1) is 12.0. The fourth-order valence-electron chi connectivity index (χ4n) is 2.09. The Bertz CT molecular complexity index is 680. The van der Waals surface area contributed by atoms with Crippen molar-refractivity contribution in [3.8, 4) is 0 Å². The van der Waals surface area contributed by atoms with Crippen LogP contribution in [-0.4, -0.2) is 20.1 Å². The van der Waals surface area contributed by atoms with Crippen LogP contribution in [0, 0.1) is 0 Å². The first-order valence-electron chi connectivity index (χ1n) is 5.94. The molecule has 3 rings (SSSR count). The number of aromatic nitrogens is 1. The normalized spacial score (nSPS) is 14.5.